The fourth-order valence-corrected chi connectivity index (χ4v) is 1.04. The van der Waals surface area contributed by atoms with Crippen LogP contribution in [-0.2, 0) is 14.2 Å². The van der Waals surface area contributed by atoms with Gasteiger partial charge < -0.3 is 14.2 Å². The van der Waals surface area contributed by atoms with Gasteiger partial charge in [0.1, 0.15) is 0 Å². The van der Waals surface area contributed by atoms with Crippen LogP contribution in [0.1, 0.15) is 42.7 Å². The Balaban J connectivity index is 3.46. The maximum atomic E-state index is 7.55. The molecule has 1 aliphatic heterocycles. The van der Waals surface area contributed by atoms with Gasteiger partial charge in [-0.1, -0.05) is 0 Å². The molecule has 1 unspecified atom stereocenters. The lowest BCUT2D eigenvalue weighted by Gasteiger charge is -2.29. The van der Waals surface area contributed by atoms with Crippen LogP contribution in [0, 0.1) is 0 Å². The average Bonchev–Trinajstić information content (AvgIpc) is 2.32. The highest BCUT2D eigenvalue weighted by Gasteiger charge is 2.55. The van der Waals surface area contributed by atoms with E-state index in [9.17, 15) is 0 Å². The van der Waals surface area contributed by atoms with Crippen molar-refractivity contribution in [2.24, 2.45) is 0 Å². The van der Waals surface area contributed by atoms with Crippen molar-refractivity contribution < 1.29 is 22.4 Å². The van der Waals surface area contributed by atoms with Gasteiger partial charge in [0.25, 0.3) is 5.97 Å². The van der Waals surface area contributed by atoms with Gasteiger partial charge in [-0.25, -0.2) is 0 Å². The van der Waals surface area contributed by atoms with Gasteiger partial charge in [-0.05, 0) is 27.6 Å². The summed E-state index contributed by atoms with van der Waals surface area (Å²) in [6.07, 6.45) is 0. The fraction of sp³-hybridized carbons (Fsp3) is 1.00. The second-order valence-electron chi connectivity index (χ2n) is 3.46. The Morgan fingerprint density at radius 2 is 1.58 bits per heavy atom. The van der Waals surface area contributed by atoms with E-state index in [0.29, 0.717) is 0 Å². The van der Waals surface area contributed by atoms with Crippen molar-refractivity contribution in [1.29, 1.82) is 0 Å². The minimum atomic E-state index is -2.89. The van der Waals surface area contributed by atoms with E-state index >= 15 is 0 Å². The van der Waals surface area contributed by atoms with Crippen LogP contribution in [-0.4, -0.2) is 24.3 Å². The van der Waals surface area contributed by atoms with Crippen LogP contribution in [0.5, 0.6) is 0 Å². The van der Waals surface area contributed by atoms with Crippen molar-refractivity contribution in [3.8, 4) is 0 Å². The normalized spacial score (nSPS) is 48.0. The summed E-state index contributed by atoms with van der Waals surface area (Å²) in [6.45, 7) is -1.70. The molecule has 1 atom stereocenters. The average molecular weight is 180 g/mol. The number of methoxy groups -OCH3 is 1. The molecule has 72 valence electrons. The van der Waals surface area contributed by atoms with Gasteiger partial charge in [-0.2, -0.15) is 0 Å². The third-order valence-corrected chi connectivity index (χ3v) is 2.00. The van der Waals surface area contributed by atoms with E-state index in [1.54, 1.807) is 0 Å². The highest BCUT2D eigenvalue weighted by atomic mass is 16.9. The molecule has 0 amide bonds. The first kappa shape index (κ1) is 4.40. The van der Waals surface area contributed by atoms with E-state index in [4.69, 9.17) is 22.4 Å². The summed E-state index contributed by atoms with van der Waals surface area (Å²) in [5.41, 5.74) is -4.01. The molecule has 0 bridgehead atoms. The quantitative estimate of drug-likeness (QED) is 0.617. The number of hydrogen-bond acceptors (Lipinski definition) is 3. The molecular formula is C9H18O3. The standard InChI is InChI=1S/C9H18O3/c1-7(2)8(3,4)12-9(5,10-6)11-7/h1-6H3/i1D3,2D3. The second-order valence-corrected chi connectivity index (χ2v) is 3.46. The zero-order valence-electron chi connectivity index (χ0n) is 13.7. The Morgan fingerprint density at radius 3 is 1.83 bits per heavy atom. The summed E-state index contributed by atoms with van der Waals surface area (Å²) >= 11 is 0. The van der Waals surface area contributed by atoms with Crippen LogP contribution < -0.4 is 0 Å². The monoisotopic (exact) mass is 180 g/mol. The zero-order chi connectivity index (χ0) is 14.6. The topological polar surface area (TPSA) is 27.7 Å². The summed E-state index contributed by atoms with van der Waals surface area (Å²) in [6, 6.07) is 0. The Kier molecular flexibility index (Phi) is 0.893. The first-order valence-electron chi connectivity index (χ1n) is 6.68. The summed E-state index contributed by atoms with van der Waals surface area (Å²) in [4.78, 5) is 0. The Morgan fingerprint density at radius 1 is 1.08 bits per heavy atom. The number of rotatable bonds is 1. The molecule has 1 rings (SSSR count). The van der Waals surface area contributed by atoms with Gasteiger partial charge in [0.2, 0.25) is 0 Å². The fourth-order valence-electron chi connectivity index (χ4n) is 1.04. The Hall–Kier alpha value is -0.120. The van der Waals surface area contributed by atoms with E-state index in [1.807, 2.05) is 0 Å². The van der Waals surface area contributed by atoms with E-state index < -0.39 is 30.9 Å². The maximum Gasteiger partial charge on any atom is 0.280 e. The van der Waals surface area contributed by atoms with E-state index in [0.717, 1.165) is 0 Å². The molecule has 3 heteroatoms. The van der Waals surface area contributed by atoms with Crippen LogP contribution in [0.3, 0.4) is 0 Å². The Bertz CT molecular complexity index is 320. The molecule has 0 spiro atoms. The molecule has 12 heavy (non-hydrogen) atoms. The van der Waals surface area contributed by atoms with E-state index in [2.05, 4.69) is 0 Å². The van der Waals surface area contributed by atoms with Gasteiger partial charge >= 0.3 is 0 Å². The van der Waals surface area contributed by atoms with Gasteiger partial charge in [-0.15, -0.1) is 0 Å². The van der Waals surface area contributed by atoms with Crippen LogP contribution in [0.4, 0.5) is 0 Å². The van der Waals surface area contributed by atoms with Crippen molar-refractivity contribution in [2.45, 2.75) is 51.7 Å². The van der Waals surface area contributed by atoms with E-state index in [-0.39, 0.29) is 0 Å². The minimum absolute atomic E-state index is 1.26. The summed E-state index contributed by atoms with van der Waals surface area (Å²) in [7, 11) is 1.26. The first-order chi connectivity index (χ1) is 7.72. The lowest BCUT2D eigenvalue weighted by Crippen LogP contribution is -2.41. The molecule has 1 heterocycles. The molecule has 1 aliphatic rings. The zero-order valence-corrected chi connectivity index (χ0v) is 7.72. The van der Waals surface area contributed by atoms with Crippen molar-refractivity contribution >= 4 is 0 Å². The number of hydrogen-bond donors (Lipinski definition) is 0. The molecule has 0 aliphatic carbocycles. The van der Waals surface area contributed by atoms with Gasteiger partial charge in [-0.3, -0.25) is 0 Å². The SMILES string of the molecule is [2H]C([2H])([2H])C1(C([2H])([2H])[2H])OC(C)(OC)OC1(C)C. The molecule has 0 aromatic rings. The van der Waals surface area contributed by atoms with Crippen molar-refractivity contribution in [1.82, 2.24) is 0 Å². The lowest BCUT2D eigenvalue weighted by atomic mass is 9.90. The van der Waals surface area contributed by atoms with Crippen molar-refractivity contribution in [2.75, 3.05) is 7.11 Å². The second kappa shape index (κ2) is 2.44. The number of ether oxygens (including phenoxy) is 3. The van der Waals surface area contributed by atoms with Gasteiger partial charge in [0, 0.05) is 22.3 Å². The molecule has 0 aromatic carbocycles. The smallest absolute Gasteiger partial charge is 0.280 e. The third-order valence-electron chi connectivity index (χ3n) is 2.00. The predicted octanol–water partition coefficient (Wildman–Crippen LogP) is 1.91. The summed E-state index contributed by atoms with van der Waals surface area (Å²) in [5, 5.41) is 0. The maximum absolute atomic E-state index is 7.55. The van der Waals surface area contributed by atoms with Crippen LogP contribution in [0.15, 0.2) is 0 Å². The van der Waals surface area contributed by atoms with Crippen molar-refractivity contribution in [3.63, 3.8) is 0 Å². The Labute approximate surface area is 82.4 Å². The van der Waals surface area contributed by atoms with Crippen LogP contribution >= 0.6 is 0 Å². The molecule has 0 aromatic heterocycles. The van der Waals surface area contributed by atoms with Crippen LogP contribution in [0.2, 0.25) is 0 Å². The highest BCUT2D eigenvalue weighted by Crippen LogP contribution is 2.43. The molecule has 0 saturated carbocycles. The first-order valence-corrected chi connectivity index (χ1v) is 3.68. The minimum Gasteiger partial charge on any atom is -0.331 e. The molecule has 3 nitrogen and oxygen atoms in total. The molecule has 0 radical (unpaired) electrons. The third kappa shape index (κ3) is 1.37. The predicted molar refractivity (Wildman–Crippen MR) is 45.7 cm³/mol. The van der Waals surface area contributed by atoms with Crippen LogP contribution in [0.25, 0.3) is 0 Å². The van der Waals surface area contributed by atoms with E-state index in [1.165, 1.54) is 27.9 Å². The molecular weight excluding hydrogens is 156 g/mol. The van der Waals surface area contributed by atoms with Crippen molar-refractivity contribution in [3.05, 3.63) is 0 Å². The lowest BCUT2D eigenvalue weighted by molar-refractivity contribution is -0.328. The highest BCUT2D eigenvalue weighted by molar-refractivity contribution is 4.95. The summed E-state index contributed by atoms with van der Waals surface area (Å²) < 4.78 is 60.9. The molecule has 1 fully saturated rings. The molecule has 0 N–H and O–H groups in total. The van der Waals surface area contributed by atoms with Gasteiger partial charge in [0.15, 0.2) is 0 Å². The largest absolute Gasteiger partial charge is 0.331 e. The molecule has 1 saturated heterocycles. The summed E-state index contributed by atoms with van der Waals surface area (Å²) in [5.74, 6) is -1.70. The van der Waals surface area contributed by atoms with Gasteiger partial charge in [0.05, 0.1) is 11.2 Å².